The van der Waals surface area contributed by atoms with Gasteiger partial charge >= 0.3 is 0 Å². The third-order valence-corrected chi connectivity index (χ3v) is 4.49. The number of amides is 2. The molecular formula is C16H29N3O2. The van der Waals surface area contributed by atoms with Crippen LogP contribution in [0.4, 0.5) is 0 Å². The van der Waals surface area contributed by atoms with E-state index < -0.39 is 0 Å². The molecule has 2 atom stereocenters. The van der Waals surface area contributed by atoms with Crippen molar-refractivity contribution in [3.05, 3.63) is 0 Å². The lowest BCUT2D eigenvalue weighted by molar-refractivity contribution is -0.142. The summed E-state index contributed by atoms with van der Waals surface area (Å²) >= 11 is 0. The van der Waals surface area contributed by atoms with Gasteiger partial charge in [-0.25, -0.2) is 0 Å². The topological polar surface area (TPSA) is 75.4 Å². The molecule has 21 heavy (non-hydrogen) atoms. The molecule has 2 rings (SSSR count). The van der Waals surface area contributed by atoms with Gasteiger partial charge < -0.3 is 16.0 Å². The van der Waals surface area contributed by atoms with Gasteiger partial charge in [-0.15, -0.1) is 0 Å². The van der Waals surface area contributed by atoms with Gasteiger partial charge in [0.15, 0.2) is 0 Å². The zero-order chi connectivity index (χ0) is 15.6. The number of piperidine rings is 1. The first-order chi connectivity index (χ1) is 9.82. The van der Waals surface area contributed by atoms with Crippen LogP contribution >= 0.6 is 0 Å². The molecule has 120 valence electrons. The number of hydrogen-bond donors (Lipinski definition) is 2. The first-order valence-electron chi connectivity index (χ1n) is 8.12. The second-order valence-corrected chi connectivity index (χ2v) is 7.53. The molecule has 1 aliphatic carbocycles. The number of nitrogens with one attached hydrogen (secondary N) is 1. The van der Waals surface area contributed by atoms with Crippen LogP contribution in [-0.2, 0) is 9.59 Å². The third-order valence-electron chi connectivity index (χ3n) is 4.49. The van der Waals surface area contributed by atoms with Crippen LogP contribution in [0.3, 0.4) is 0 Å². The molecule has 0 aromatic carbocycles. The van der Waals surface area contributed by atoms with E-state index in [9.17, 15) is 9.59 Å². The monoisotopic (exact) mass is 295 g/mol. The van der Waals surface area contributed by atoms with E-state index in [2.05, 4.69) is 5.32 Å². The highest BCUT2D eigenvalue weighted by Gasteiger charge is 2.36. The van der Waals surface area contributed by atoms with Gasteiger partial charge in [-0.3, -0.25) is 9.59 Å². The summed E-state index contributed by atoms with van der Waals surface area (Å²) in [5.74, 6) is 0.689. The van der Waals surface area contributed by atoms with Crippen LogP contribution < -0.4 is 11.1 Å². The molecule has 0 radical (unpaired) electrons. The highest BCUT2D eigenvalue weighted by atomic mass is 16.2. The van der Waals surface area contributed by atoms with Crippen LogP contribution in [0.15, 0.2) is 0 Å². The molecule has 2 unspecified atom stereocenters. The van der Waals surface area contributed by atoms with Crippen molar-refractivity contribution in [3.63, 3.8) is 0 Å². The zero-order valence-corrected chi connectivity index (χ0v) is 13.5. The molecular weight excluding hydrogens is 266 g/mol. The second kappa shape index (κ2) is 6.34. The minimum Gasteiger partial charge on any atom is -0.352 e. The highest BCUT2D eigenvalue weighted by molar-refractivity contribution is 5.84. The Morgan fingerprint density at radius 3 is 2.48 bits per heavy atom. The molecule has 0 aromatic heterocycles. The third kappa shape index (κ3) is 4.19. The lowest BCUT2D eigenvalue weighted by Crippen LogP contribution is -2.51. The molecule has 1 saturated carbocycles. The fraction of sp³-hybridized carbons (Fsp3) is 0.875. The normalized spacial score (nSPS) is 24.6. The quantitative estimate of drug-likeness (QED) is 0.816. The molecule has 5 heteroatoms. The Morgan fingerprint density at radius 1 is 1.29 bits per heavy atom. The standard InChI is InChI=1S/C16H29N3O2/c1-16(2,3)15(21)19-8-4-5-12(10-19)14(20)18-13(9-17)11-6-7-11/h11-13H,4-10,17H2,1-3H3,(H,18,20). The lowest BCUT2D eigenvalue weighted by Gasteiger charge is -2.36. The van der Waals surface area contributed by atoms with Gasteiger partial charge in [0.25, 0.3) is 0 Å². The molecule has 5 nitrogen and oxygen atoms in total. The van der Waals surface area contributed by atoms with E-state index in [1.54, 1.807) is 0 Å². The van der Waals surface area contributed by atoms with E-state index in [4.69, 9.17) is 5.73 Å². The van der Waals surface area contributed by atoms with Gasteiger partial charge in [0.2, 0.25) is 11.8 Å². The minimum atomic E-state index is -0.383. The van der Waals surface area contributed by atoms with E-state index in [0.717, 1.165) is 19.4 Å². The van der Waals surface area contributed by atoms with Crippen molar-refractivity contribution in [3.8, 4) is 0 Å². The number of hydrogen-bond acceptors (Lipinski definition) is 3. The van der Waals surface area contributed by atoms with E-state index in [-0.39, 0.29) is 29.2 Å². The number of carbonyl (C=O) groups excluding carboxylic acids is 2. The summed E-state index contributed by atoms with van der Waals surface area (Å²) in [4.78, 5) is 26.6. The molecule has 0 spiro atoms. The maximum absolute atomic E-state index is 12.4. The van der Waals surface area contributed by atoms with Gasteiger partial charge in [0.05, 0.1) is 5.92 Å². The van der Waals surface area contributed by atoms with Gasteiger partial charge in [-0.1, -0.05) is 20.8 Å². The van der Waals surface area contributed by atoms with Crippen LogP contribution in [0.1, 0.15) is 46.5 Å². The number of likely N-dealkylation sites (tertiary alicyclic amines) is 1. The van der Waals surface area contributed by atoms with Crippen molar-refractivity contribution in [2.75, 3.05) is 19.6 Å². The number of nitrogens with zero attached hydrogens (tertiary/aromatic N) is 1. The van der Waals surface area contributed by atoms with E-state index >= 15 is 0 Å². The van der Waals surface area contributed by atoms with E-state index in [1.807, 2.05) is 25.7 Å². The Labute approximate surface area is 127 Å². The Hall–Kier alpha value is -1.10. The first kappa shape index (κ1) is 16.3. The Bertz CT molecular complexity index is 399. The second-order valence-electron chi connectivity index (χ2n) is 7.53. The zero-order valence-electron chi connectivity index (χ0n) is 13.5. The number of rotatable bonds is 4. The molecule has 1 aliphatic heterocycles. The smallest absolute Gasteiger partial charge is 0.227 e. The Balaban J connectivity index is 1.90. The molecule has 0 aromatic rings. The largest absolute Gasteiger partial charge is 0.352 e. The highest BCUT2D eigenvalue weighted by Crippen LogP contribution is 2.32. The van der Waals surface area contributed by atoms with Crippen molar-refractivity contribution in [1.29, 1.82) is 0 Å². The summed E-state index contributed by atoms with van der Waals surface area (Å²) in [5, 5.41) is 3.09. The summed E-state index contributed by atoms with van der Waals surface area (Å²) in [7, 11) is 0. The molecule has 2 aliphatic rings. The molecule has 2 amide bonds. The molecule has 1 heterocycles. The van der Waals surface area contributed by atoms with Crippen LogP contribution in [-0.4, -0.2) is 42.4 Å². The van der Waals surface area contributed by atoms with Crippen LogP contribution in [0.25, 0.3) is 0 Å². The van der Waals surface area contributed by atoms with Crippen molar-refractivity contribution in [1.82, 2.24) is 10.2 Å². The van der Waals surface area contributed by atoms with E-state index in [0.29, 0.717) is 19.0 Å². The Kier molecular flexibility index (Phi) is 4.91. The lowest BCUT2D eigenvalue weighted by atomic mass is 9.90. The fourth-order valence-electron chi connectivity index (χ4n) is 3.02. The fourth-order valence-corrected chi connectivity index (χ4v) is 3.02. The van der Waals surface area contributed by atoms with E-state index in [1.165, 1.54) is 12.8 Å². The predicted molar refractivity (Wildman–Crippen MR) is 82.5 cm³/mol. The summed E-state index contributed by atoms with van der Waals surface area (Å²) in [5.41, 5.74) is 5.36. The van der Waals surface area contributed by atoms with Gasteiger partial charge in [0, 0.05) is 31.1 Å². The molecule has 2 fully saturated rings. The number of carbonyl (C=O) groups is 2. The average molecular weight is 295 g/mol. The first-order valence-corrected chi connectivity index (χ1v) is 8.12. The van der Waals surface area contributed by atoms with Crippen molar-refractivity contribution < 1.29 is 9.59 Å². The van der Waals surface area contributed by atoms with Crippen LogP contribution in [0.2, 0.25) is 0 Å². The molecule has 0 bridgehead atoms. The van der Waals surface area contributed by atoms with Crippen molar-refractivity contribution in [2.24, 2.45) is 23.0 Å². The van der Waals surface area contributed by atoms with Gasteiger partial charge in [-0.2, -0.15) is 0 Å². The van der Waals surface area contributed by atoms with Crippen molar-refractivity contribution in [2.45, 2.75) is 52.5 Å². The number of nitrogens with two attached hydrogens (primary N) is 1. The van der Waals surface area contributed by atoms with Gasteiger partial charge in [-0.05, 0) is 31.6 Å². The van der Waals surface area contributed by atoms with Crippen molar-refractivity contribution >= 4 is 11.8 Å². The average Bonchev–Trinajstić information content (AvgIpc) is 3.27. The summed E-state index contributed by atoms with van der Waals surface area (Å²) in [6.07, 6.45) is 4.10. The molecule has 1 saturated heterocycles. The Morgan fingerprint density at radius 2 is 1.95 bits per heavy atom. The minimum absolute atomic E-state index is 0.0729. The maximum Gasteiger partial charge on any atom is 0.227 e. The summed E-state index contributed by atoms with van der Waals surface area (Å²) in [6, 6.07) is 0.117. The summed E-state index contributed by atoms with van der Waals surface area (Å²) < 4.78 is 0. The van der Waals surface area contributed by atoms with Crippen LogP contribution in [0.5, 0.6) is 0 Å². The van der Waals surface area contributed by atoms with Crippen LogP contribution in [0, 0.1) is 17.3 Å². The summed E-state index contributed by atoms with van der Waals surface area (Å²) in [6.45, 7) is 7.60. The molecule has 3 N–H and O–H groups in total. The maximum atomic E-state index is 12.4. The SMILES string of the molecule is CC(C)(C)C(=O)N1CCCC(C(=O)NC(CN)C2CC2)C1. The van der Waals surface area contributed by atoms with Gasteiger partial charge in [0.1, 0.15) is 0 Å². The predicted octanol–water partition coefficient (Wildman–Crippen LogP) is 1.12.